The van der Waals surface area contributed by atoms with Crippen LogP contribution in [-0.4, -0.2) is 47.9 Å². The van der Waals surface area contributed by atoms with Crippen molar-refractivity contribution >= 4 is 41.3 Å². The maximum Gasteiger partial charge on any atom is 0.328 e. The average Bonchev–Trinajstić information content (AvgIpc) is 2.91. The highest BCUT2D eigenvalue weighted by atomic mass is 35.5. The highest BCUT2D eigenvalue weighted by Crippen LogP contribution is 2.21. The van der Waals surface area contributed by atoms with Crippen LogP contribution in [0.1, 0.15) is 16.8 Å². The Kier molecular flexibility index (Phi) is 6.64. The van der Waals surface area contributed by atoms with Gasteiger partial charge in [-0.1, -0.05) is 18.2 Å². The summed E-state index contributed by atoms with van der Waals surface area (Å²) in [7, 11) is 1.25. The van der Waals surface area contributed by atoms with Crippen molar-refractivity contribution in [1.29, 1.82) is 0 Å². The van der Waals surface area contributed by atoms with Crippen molar-refractivity contribution in [3.8, 4) is 0 Å². The number of rotatable bonds is 3. The summed E-state index contributed by atoms with van der Waals surface area (Å²) in [6.07, 6.45) is 0.281. The molecule has 120 valence electrons. The number of hydrogen-bond donors (Lipinski definition) is 1. The monoisotopic (exact) mass is 346 g/mol. The number of amides is 2. The van der Waals surface area contributed by atoms with Gasteiger partial charge in [-0.05, 0) is 23.7 Å². The first-order valence-corrected chi connectivity index (χ1v) is 6.80. The second-order valence-electron chi connectivity index (χ2n) is 4.72. The number of esters is 1. The van der Waals surface area contributed by atoms with Crippen molar-refractivity contribution in [3.05, 3.63) is 35.9 Å². The third kappa shape index (κ3) is 4.11. The lowest BCUT2D eigenvalue weighted by atomic mass is 10.1. The van der Waals surface area contributed by atoms with E-state index < -0.39 is 17.4 Å². The van der Waals surface area contributed by atoms with Crippen LogP contribution in [0, 0.1) is 0 Å². The Balaban J connectivity index is 0.00000242. The van der Waals surface area contributed by atoms with Gasteiger partial charge in [0.05, 0.1) is 7.11 Å². The number of likely N-dealkylation sites (tertiary alicyclic amines) is 1. The van der Waals surface area contributed by atoms with E-state index in [1.54, 1.807) is 24.3 Å². The average molecular weight is 347 g/mol. The number of carbonyl (C=O) groups is 3. The topological polar surface area (TPSA) is 75.7 Å². The molecule has 0 spiro atoms. The second-order valence-corrected chi connectivity index (χ2v) is 5.04. The van der Waals surface area contributed by atoms with Gasteiger partial charge < -0.3 is 15.0 Å². The van der Waals surface area contributed by atoms with Gasteiger partial charge in [0.25, 0.3) is 5.91 Å². The number of halogens is 2. The van der Waals surface area contributed by atoms with Gasteiger partial charge in [0.1, 0.15) is 6.04 Å². The zero-order valence-corrected chi connectivity index (χ0v) is 13.4. The molecule has 1 aromatic rings. The third-order valence-electron chi connectivity index (χ3n) is 3.37. The molecule has 0 saturated carbocycles. The molecule has 1 aliphatic rings. The van der Waals surface area contributed by atoms with Gasteiger partial charge >= 0.3 is 11.3 Å². The molecule has 8 heteroatoms. The minimum absolute atomic E-state index is 0. The number of nitrogens with zero attached hydrogens (tertiary/aromatic N) is 1. The van der Waals surface area contributed by atoms with E-state index >= 15 is 0 Å². The predicted molar refractivity (Wildman–Crippen MR) is 83.3 cm³/mol. The van der Waals surface area contributed by atoms with Crippen LogP contribution in [-0.2, 0) is 9.53 Å². The molecule has 2 rings (SSSR count). The van der Waals surface area contributed by atoms with E-state index in [2.05, 4.69) is 10.1 Å². The summed E-state index contributed by atoms with van der Waals surface area (Å²) in [5, 5.41) is 2.06. The van der Waals surface area contributed by atoms with Gasteiger partial charge in [-0.2, -0.15) is 0 Å². The molecule has 0 aromatic heterocycles. The summed E-state index contributed by atoms with van der Waals surface area (Å²) in [5.41, 5.74) is 0.516. The molecule has 1 aromatic carbocycles. The molecule has 1 heterocycles. The zero-order chi connectivity index (χ0) is 15.4. The Morgan fingerprint density at radius 3 is 2.45 bits per heavy atom. The SMILES string of the molecule is COC(=O)[C@H]1C[C@H](NC(=O)c2ccccc2)CN1C(=O)Cl.Cl. The molecule has 0 bridgehead atoms. The molecule has 1 N–H and O–H groups in total. The van der Waals surface area contributed by atoms with Crippen LogP contribution in [0.3, 0.4) is 0 Å². The third-order valence-corrected chi connectivity index (χ3v) is 3.59. The lowest BCUT2D eigenvalue weighted by Crippen LogP contribution is -2.39. The first-order valence-electron chi connectivity index (χ1n) is 6.42. The Morgan fingerprint density at radius 1 is 1.27 bits per heavy atom. The molecule has 2 amide bonds. The Bertz CT molecular complexity index is 553. The van der Waals surface area contributed by atoms with Crippen molar-refractivity contribution in [2.45, 2.75) is 18.5 Å². The van der Waals surface area contributed by atoms with Crippen molar-refractivity contribution in [2.75, 3.05) is 13.7 Å². The van der Waals surface area contributed by atoms with Gasteiger partial charge in [-0.25, -0.2) is 4.79 Å². The summed E-state index contributed by atoms with van der Waals surface area (Å²) in [4.78, 5) is 36.2. The Morgan fingerprint density at radius 2 is 1.91 bits per heavy atom. The van der Waals surface area contributed by atoms with E-state index in [4.69, 9.17) is 11.6 Å². The van der Waals surface area contributed by atoms with E-state index in [0.29, 0.717) is 5.56 Å². The van der Waals surface area contributed by atoms with E-state index in [9.17, 15) is 14.4 Å². The van der Waals surface area contributed by atoms with Crippen LogP contribution in [0.2, 0.25) is 0 Å². The largest absolute Gasteiger partial charge is 0.467 e. The van der Waals surface area contributed by atoms with E-state index in [1.807, 2.05) is 6.07 Å². The molecule has 0 unspecified atom stereocenters. The summed E-state index contributed by atoms with van der Waals surface area (Å²) in [5.74, 6) is -0.798. The van der Waals surface area contributed by atoms with Crippen molar-refractivity contribution in [1.82, 2.24) is 10.2 Å². The Labute approximate surface area is 139 Å². The maximum absolute atomic E-state index is 12.1. The van der Waals surface area contributed by atoms with Gasteiger partial charge in [0.2, 0.25) is 0 Å². The number of nitrogens with one attached hydrogen (secondary N) is 1. The molecular formula is C14H16Cl2N2O4. The number of hydrogen-bond acceptors (Lipinski definition) is 4. The summed E-state index contributed by atoms with van der Waals surface area (Å²) in [6.45, 7) is 0.181. The van der Waals surface area contributed by atoms with Crippen molar-refractivity contribution in [3.63, 3.8) is 0 Å². The van der Waals surface area contributed by atoms with Gasteiger partial charge in [0.15, 0.2) is 0 Å². The molecule has 6 nitrogen and oxygen atoms in total. The summed E-state index contributed by atoms with van der Waals surface area (Å²) in [6, 6.07) is 7.60. The van der Waals surface area contributed by atoms with Gasteiger partial charge in [-0.3, -0.25) is 9.59 Å². The quantitative estimate of drug-likeness (QED) is 0.514. The molecule has 0 radical (unpaired) electrons. The number of methoxy groups -OCH3 is 1. The van der Waals surface area contributed by atoms with Crippen LogP contribution >= 0.6 is 24.0 Å². The smallest absolute Gasteiger partial charge is 0.328 e. The van der Waals surface area contributed by atoms with Crippen molar-refractivity contribution in [2.24, 2.45) is 0 Å². The van der Waals surface area contributed by atoms with Crippen LogP contribution in [0.4, 0.5) is 4.79 Å². The van der Waals surface area contributed by atoms with Gasteiger partial charge in [-0.15, -0.1) is 12.4 Å². The normalized spacial score (nSPS) is 20.0. The lowest BCUT2D eigenvalue weighted by molar-refractivity contribution is -0.144. The molecule has 0 aliphatic carbocycles. The molecule has 22 heavy (non-hydrogen) atoms. The number of carbonyl (C=O) groups excluding carboxylic acids is 3. The fourth-order valence-corrected chi connectivity index (χ4v) is 2.54. The molecule has 1 saturated heterocycles. The molecule has 1 fully saturated rings. The first kappa shape index (κ1) is 18.3. The molecule has 1 aliphatic heterocycles. The fourth-order valence-electron chi connectivity index (χ4n) is 2.35. The van der Waals surface area contributed by atoms with Crippen molar-refractivity contribution < 1.29 is 19.1 Å². The first-order chi connectivity index (χ1) is 10.0. The van der Waals surface area contributed by atoms with E-state index in [0.717, 1.165) is 0 Å². The van der Waals surface area contributed by atoms with Crippen LogP contribution in [0.25, 0.3) is 0 Å². The highest BCUT2D eigenvalue weighted by Gasteiger charge is 2.40. The number of ether oxygens (including phenoxy) is 1. The highest BCUT2D eigenvalue weighted by molar-refractivity contribution is 6.63. The molecule has 2 atom stereocenters. The molecular weight excluding hydrogens is 331 g/mol. The zero-order valence-electron chi connectivity index (χ0n) is 11.8. The van der Waals surface area contributed by atoms with Crippen LogP contribution < -0.4 is 5.32 Å². The number of benzene rings is 1. The second kappa shape index (κ2) is 8.00. The summed E-state index contributed by atoms with van der Waals surface area (Å²) < 4.78 is 4.65. The predicted octanol–water partition coefficient (Wildman–Crippen LogP) is 1.81. The Hall–Kier alpha value is -1.79. The minimum Gasteiger partial charge on any atom is -0.467 e. The summed E-state index contributed by atoms with van der Waals surface area (Å²) >= 11 is 5.47. The maximum atomic E-state index is 12.1. The van der Waals surface area contributed by atoms with E-state index in [-0.39, 0.29) is 37.3 Å². The van der Waals surface area contributed by atoms with Gasteiger partial charge in [0, 0.05) is 24.6 Å². The van der Waals surface area contributed by atoms with Crippen LogP contribution in [0.5, 0.6) is 0 Å². The van der Waals surface area contributed by atoms with E-state index in [1.165, 1.54) is 12.0 Å². The van der Waals surface area contributed by atoms with Crippen LogP contribution in [0.15, 0.2) is 30.3 Å². The minimum atomic E-state index is -0.763. The lowest BCUT2D eigenvalue weighted by Gasteiger charge is -2.18. The fraction of sp³-hybridized carbons (Fsp3) is 0.357. The standard InChI is InChI=1S/C14H15ClN2O4.ClH/c1-21-13(19)11-7-10(8-17(11)14(15)20)16-12(18)9-5-3-2-4-6-9;/h2-6,10-11H,7-8H2,1H3,(H,16,18);1H/t10-,11+;/m0./s1.